The van der Waals surface area contributed by atoms with Crippen molar-refractivity contribution in [2.24, 2.45) is 5.92 Å². The molecule has 4 N–H and O–H groups in total. The molecule has 4 heteroatoms. The molecule has 1 fully saturated rings. The zero-order valence-corrected chi connectivity index (χ0v) is 12.4. The Bertz CT molecular complexity index is 473. The van der Waals surface area contributed by atoms with Crippen LogP contribution in [0.15, 0.2) is 18.2 Å². The van der Waals surface area contributed by atoms with Crippen LogP contribution >= 0.6 is 0 Å². The lowest BCUT2D eigenvalue weighted by molar-refractivity contribution is 0.0963. The van der Waals surface area contributed by atoms with Crippen molar-refractivity contribution in [1.29, 1.82) is 0 Å². The molecule has 0 saturated heterocycles. The molecule has 1 aromatic rings. The van der Waals surface area contributed by atoms with Crippen LogP contribution in [0, 0.1) is 5.92 Å². The number of amides is 1. The number of carbonyl (C=O) groups is 1. The van der Waals surface area contributed by atoms with Crippen molar-refractivity contribution < 1.29 is 4.79 Å². The lowest BCUT2D eigenvalue weighted by Crippen LogP contribution is -2.27. The Balaban J connectivity index is 2.04. The van der Waals surface area contributed by atoms with Gasteiger partial charge in [0.05, 0.1) is 11.4 Å². The Kier molecular flexibility index (Phi) is 4.88. The van der Waals surface area contributed by atoms with Crippen LogP contribution in [0.2, 0.25) is 0 Å². The Morgan fingerprint density at radius 3 is 2.85 bits per heavy atom. The maximum Gasteiger partial charge on any atom is 0.251 e. The van der Waals surface area contributed by atoms with Crippen LogP contribution < -0.4 is 16.4 Å². The fraction of sp³-hybridized carbons (Fsp3) is 0.562. The predicted octanol–water partition coefficient (Wildman–Crippen LogP) is 3.01. The van der Waals surface area contributed by atoms with E-state index in [1.54, 1.807) is 13.1 Å². The second-order valence-corrected chi connectivity index (χ2v) is 5.66. The van der Waals surface area contributed by atoms with Gasteiger partial charge in [0, 0.05) is 18.7 Å². The average molecular weight is 275 g/mol. The highest BCUT2D eigenvalue weighted by Crippen LogP contribution is 2.30. The molecule has 1 aromatic carbocycles. The van der Waals surface area contributed by atoms with Gasteiger partial charge in [0.2, 0.25) is 0 Å². The minimum Gasteiger partial charge on any atom is -0.397 e. The van der Waals surface area contributed by atoms with Crippen molar-refractivity contribution in [3.63, 3.8) is 0 Å². The van der Waals surface area contributed by atoms with Crippen molar-refractivity contribution >= 4 is 17.3 Å². The van der Waals surface area contributed by atoms with E-state index >= 15 is 0 Å². The van der Waals surface area contributed by atoms with Crippen molar-refractivity contribution in [3.05, 3.63) is 23.8 Å². The van der Waals surface area contributed by atoms with Gasteiger partial charge in [-0.2, -0.15) is 0 Å². The molecular weight excluding hydrogens is 250 g/mol. The first kappa shape index (κ1) is 14.7. The molecule has 2 atom stereocenters. The van der Waals surface area contributed by atoms with Gasteiger partial charge in [-0.15, -0.1) is 0 Å². The van der Waals surface area contributed by atoms with Crippen LogP contribution in [0.25, 0.3) is 0 Å². The van der Waals surface area contributed by atoms with E-state index in [2.05, 4.69) is 17.6 Å². The molecule has 1 saturated carbocycles. The summed E-state index contributed by atoms with van der Waals surface area (Å²) in [4.78, 5) is 11.6. The standard InChI is InChI=1S/C16H25N3O/c1-3-11-5-4-6-13(9-11)19-15-8-7-12(10-14(15)17)16(20)18-2/h7-8,10-11,13,19H,3-6,9,17H2,1-2H3,(H,18,20). The summed E-state index contributed by atoms with van der Waals surface area (Å²) >= 11 is 0. The minimum atomic E-state index is -0.105. The lowest BCUT2D eigenvalue weighted by atomic mass is 9.84. The first-order valence-electron chi connectivity index (χ1n) is 7.52. The number of hydrogen-bond donors (Lipinski definition) is 3. The number of hydrogen-bond acceptors (Lipinski definition) is 3. The fourth-order valence-electron chi connectivity index (χ4n) is 2.99. The molecule has 0 bridgehead atoms. The van der Waals surface area contributed by atoms with Crippen LogP contribution in [0.1, 0.15) is 49.4 Å². The van der Waals surface area contributed by atoms with E-state index < -0.39 is 0 Å². The van der Waals surface area contributed by atoms with Crippen LogP contribution in [0.3, 0.4) is 0 Å². The van der Waals surface area contributed by atoms with Crippen LogP contribution in [0.4, 0.5) is 11.4 Å². The van der Waals surface area contributed by atoms with E-state index in [0.717, 1.165) is 11.6 Å². The predicted molar refractivity (Wildman–Crippen MR) is 83.9 cm³/mol. The third kappa shape index (κ3) is 3.44. The molecule has 2 rings (SSSR count). The van der Waals surface area contributed by atoms with E-state index in [-0.39, 0.29) is 5.91 Å². The zero-order valence-electron chi connectivity index (χ0n) is 12.4. The topological polar surface area (TPSA) is 67.2 Å². The summed E-state index contributed by atoms with van der Waals surface area (Å²) in [6, 6.07) is 5.97. The Labute approximate surface area is 121 Å². The summed E-state index contributed by atoms with van der Waals surface area (Å²) in [5.41, 5.74) is 8.25. The molecular formula is C16H25N3O. The van der Waals surface area contributed by atoms with Gasteiger partial charge in [-0.3, -0.25) is 4.79 Å². The minimum absolute atomic E-state index is 0.105. The Morgan fingerprint density at radius 1 is 1.40 bits per heavy atom. The van der Waals surface area contributed by atoms with Gasteiger partial charge in [0.25, 0.3) is 5.91 Å². The van der Waals surface area contributed by atoms with Gasteiger partial charge in [0.15, 0.2) is 0 Å². The molecule has 4 nitrogen and oxygen atoms in total. The van der Waals surface area contributed by atoms with E-state index in [0.29, 0.717) is 17.3 Å². The summed E-state index contributed by atoms with van der Waals surface area (Å²) in [5.74, 6) is 0.722. The van der Waals surface area contributed by atoms with E-state index in [4.69, 9.17) is 5.73 Å². The van der Waals surface area contributed by atoms with Crippen molar-refractivity contribution in [2.45, 2.75) is 45.1 Å². The van der Waals surface area contributed by atoms with Gasteiger partial charge < -0.3 is 16.4 Å². The molecule has 0 aromatic heterocycles. The number of carbonyl (C=O) groups excluding carboxylic acids is 1. The normalized spacial score (nSPS) is 22.3. The first-order valence-corrected chi connectivity index (χ1v) is 7.52. The van der Waals surface area contributed by atoms with E-state index in [1.807, 2.05) is 12.1 Å². The highest BCUT2D eigenvalue weighted by atomic mass is 16.1. The molecule has 1 aliphatic rings. The van der Waals surface area contributed by atoms with Gasteiger partial charge in [-0.05, 0) is 37.0 Å². The molecule has 1 amide bonds. The van der Waals surface area contributed by atoms with E-state index in [9.17, 15) is 4.79 Å². The number of anilines is 2. The van der Waals surface area contributed by atoms with Crippen molar-refractivity contribution in [1.82, 2.24) is 5.32 Å². The quantitative estimate of drug-likeness (QED) is 0.740. The number of nitrogens with two attached hydrogens (primary N) is 1. The average Bonchev–Trinajstić information content (AvgIpc) is 2.48. The third-order valence-electron chi connectivity index (χ3n) is 4.26. The molecule has 1 aliphatic carbocycles. The molecule has 2 unspecified atom stereocenters. The SMILES string of the molecule is CCC1CCCC(Nc2ccc(C(=O)NC)cc2N)C1. The van der Waals surface area contributed by atoms with Crippen LogP contribution in [-0.4, -0.2) is 19.0 Å². The van der Waals surface area contributed by atoms with Gasteiger partial charge in [0.1, 0.15) is 0 Å². The molecule has 20 heavy (non-hydrogen) atoms. The summed E-state index contributed by atoms with van der Waals surface area (Å²) in [5, 5.41) is 6.15. The van der Waals surface area contributed by atoms with Crippen molar-refractivity contribution in [3.8, 4) is 0 Å². The molecule has 0 aliphatic heterocycles. The fourth-order valence-corrected chi connectivity index (χ4v) is 2.99. The van der Waals surface area contributed by atoms with Crippen LogP contribution in [0.5, 0.6) is 0 Å². The van der Waals surface area contributed by atoms with Crippen LogP contribution in [-0.2, 0) is 0 Å². The molecule has 0 heterocycles. The smallest absolute Gasteiger partial charge is 0.251 e. The second kappa shape index (κ2) is 6.64. The molecule has 110 valence electrons. The monoisotopic (exact) mass is 275 g/mol. The number of nitrogen functional groups attached to an aromatic ring is 1. The van der Waals surface area contributed by atoms with E-state index in [1.165, 1.54) is 32.1 Å². The summed E-state index contributed by atoms with van der Waals surface area (Å²) in [7, 11) is 1.62. The number of nitrogens with one attached hydrogen (secondary N) is 2. The Hall–Kier alpha value is -1.71. The Morgan fingerprint density at radius 2 is 2.20 bits per heavy atom. The number of rotatable bonds is 4. The van der Waals surface area contributed by atoms with Crippen molar-refractivity contribution in [2.75, 3.05) is 18.1 Å². The number of benzene rings is 1. The summed E-state index contributed by atoms with van der Waals surface area (Å²) < 4.78 is 0. The largest absolute Gasteiger partial charge is 0.397 e. The lowest BCUT2D eigenvalue weighted by Gasteiger charge is -2.30. The highest BCUT2D eigenvalue weighted by molar-refractivity contribution is 5.95. The maximum atomic E-state index is 11.6. The summed E-state index contributed by atoms with van der Waals surface area (Å²) in [6.45, 7) is 2.26. The first-order chi connectivity index (χ1) is 9.63. The van der Waals surface area contributed by atoms with Gasteiger partial charge in [-0.1, -0.05) is 26.2 Å². The maximum absolute atomic E-state index is 11.6. The zero-order chi connectivity index (χ0) is 14.5. The summed E-state index contributed by atoms with van der Waals surface area (Å²) in [6.07, 6.45) is 6.30. The molecule has 0 spiro atoms. The van der Waals surface area contributed by atoms with Gasteiger partial charge >= 0.3 is 0 Å². The third-order valence-corrected chi connectivity index (χ3v) is 4.26. The second-order valence-electron chi connectivity index (χ2n) is 5.66. The molecule has 0 radical (unpaired) electrons. The highest BCUT2D eigenvalue weighted by Gasteiger charge is 2.21. The van der Waals surface area contributed by atoms with Gasteiger partial charge in [-0.25, -0.2) is 0 Å².